The number of halogens is 1. The third-order valence-corrected chi connectivity index (χ3v) is 2.23. The van der Waals surface area contributed by atoms with Gasteiger partial charge in [0.2, 0.25) is 0 Å². The van der Waals surface area contributed by atoms with Gasteiger partial charge in [-0.2, -0.15) is 0 Å². The van der Waals surface area contributed by atoms with E-state index < -0.39 is 5.97 Å². The van der Waals surface area contributed by atoms with Gasteiger partial charge in [-0.25, -0.2) is 4.99 Å². The van der Waals surface area contributed by atoms with E-state index in [0.29, 0.717) is 0 Å². The third kappa shape index (κ3) is 2.20. The maximum absolute atomic E-state index is 5.74. The molecule has 0 aromatic heterocycles. The summed E-state index contributed by atoms with van der Waals surface area (Å²) in [5, 5.41) is 2.95. The van der Waals surface area contributed by atoms with E-state index in [2.05, 4.69) is 26.2 Å². The number of nitrogens with one attached hydrogen (secondary N) is 1. The van der Waals surface area contributed by atoms with Gasteiger partial charge in [0.1, 0.15) is 5.82 Å². The number of methoxy groups -OCH3 is 1. The van der Waals surface area contributed by atoms with Crippen molar-refractivity contribution in [2.24, 2.45) is 10.7 Å². The van der Waals surface area contributed by atoms with Gasteiger partial charge in [-0.05, 0) is 15.9 Å². The highest BCUT2D eigenvalue weighted by atomic mass is 79.9. The van der Waals surface area contributed by atoms with Gasteiger partial charge in [-0.3, -0.25) is 5.73 Å². The normalized spacial score (nSPS) is 27.5. The summed E-state index contributed by atoms with van der Waals surface area (Å²) in [6.45, 7) is 0. The Bertz CT molecular complexity index is 263. The van der Waals surface area contributed by atoms with Crippen LogP contribution >= 0.6 is 15.9 Å². The van der Waals surface area contributed by atoms with Gasteiger partial charge in [0.15, 0.2) is 0 Å². The summed E-state index contributed by atoms with van der Waals surface area (Å²) in [5.74, 6) is -0.323. The lowest BCUT2D eigenvalue weighted by Crippen LogP contribution is -2.56. The number of rotatable bonds is 2. The molecular formula is C7H13BrN4O. The average molecular weight is 249 g/mol. The summed E-state index contributed by atoms with van der Waals surface area (Å²) >= 11 is 3.35. The lowest BCUT2D eigenvalue weighted by atomic mass is 10.4. The quantitative estimate of drug-likeness (QED) is 0.676. The van der Waals surface area contributed by atoms with E-state index in [4.69, 9.17) is 10.5 Å². The molecule has 0 fully saturated rings. The maximum Gasteiger partial charge on any atom is 0.298 e. The van der Waals surface area contributed by atoms with Crippen molar-refractivity contribution in [2.45, 2.75) is 5.97 Å². The van der Waals surface area contributed by atoms with Crippen LogP contribution in [0.1, 0.15) is 0 Å². The molecule has 1 aliphatic heterocycles. The molecule has 1 atom stereocenters. The second kappa shape index (κ2) is 3.65. The Morgan fingerprint density at radius 3 is 2.77 bits per heavy atom. The molecule has 74 valence electrons. The van der Waals surface area contributed by atoms with Crippen LogP contribution in [0.25, 0.3) is 0 Å². The fourth-order valence-corrected chi connectivity index (χ4v) is 1.46. The molecular weight excluding hydrogens is 236 g/mol. The monoisotopic (exact) mass is 248 g/mol. The maximum atomic E-state index is 5.74. The van der Waals surface area contributed by atoms with Gasteiger partial charge < -0.3 is 15.0 Å². The van der Waals surface area contributed by atoms with Crippen LogP contribution in [0.3, 0.4) is 0 Å². The molecule has 3 N–H and O–H groups in total. The highest BCUT2D eigenvalue weighted by molar-refractivity contribution is 9.12. The predicted octanol–water partition coefficient (Wildman–Crippen LogP) is 0.00240. The van der Waals surface area contributed by atoms with Crippen molar-refractivity contribution in [3.63, 3.8) is 0 Å². The minimum atomic E-state index is -1.16. The SMILES string of the molecule is COC1(N)N=CC(Br)=C(N(C)C)N1. The summed E-state index contributed by atoms with van der Waals surface area (Å²) in [6, 6.07) is 0. The van der Waals surface area contributed by atoms with Crippen molar-refractivity contribution in [3.05, 3.63) is 10.3 Å². The lowest BCUT2D eigenvalue weighted by Gasteiger charge is -2.32. The minimum Gasteiger partial charge on any atom is -0.363 e. The smallest absolute Gasteiger partial charge is 0.298 e. The summed E-state index contributed by atoms with van der Waals surface area (Å²) in [7, 11) is 5.30. The minimum absolute atomic E-state index is 0.833. The van der Waals surface area contributed by atoms with Crippen molar-refractivity contribution in [3.8, 4) is 0 Å². The summed E-state index contributed by atoms with van der Waals surface area (Å²) < 4.78 is 5.84. The Balaban J connectivity index is 2.90. The molecule has 1 heterocycles. The van der Waals surface area contributed by atoms with Gasteiger partial charge >= 0.3 is 0 Å². The molecule has 0 spiro atoms. The van der Waals surface area contributed by atoms with Gasteiger partial charge in [0, 0.05) is 27.4 Å². The Labute approximate surface area is 85.8 Å². The van der Waals surface area contributed by atoms with E-state index in [1.54, 1.807) is 6.21 Å². The van der Waals surface area contributed by atoms with Crippen molar-refractivity contribution < 1.29 is 4.74 Å². The molecule has 0 amide bonds. The van der Waals surface area contributed by atoms with Gasteiger partial charge in [0.25, 0.3) is 5.97 Å². The highest BCUT2D eigenvalue weighted by Gasteiger charge is 2.28. The molecule has 0 radical (unpaired) electrons. The summed E-state index contributed by atoms with van der Waals surface area (Å²) in [5.41, 5.74) is 5.74. The molecule has 0 aromatic carbocycles. The molecule has 0 bridgehead atoms. The number of aliphatic imine (C=N–C) groups is 1. The van der Waals surface area contributed by atoms with Crippen LogP contribution in [0.15, 0.2) is 15.3 Å². The molecule has 1 aliphatic rings. The van der Waals surface area contributed by atoms with Crippen LogP contribution in [-0.2, 0) is 4.74 Å². The van der Waals surface area contributed by atoms with Gasteiger partial charge in [-0.15, -0.1) is 0 Å². The first kappa shape index (κ1) is 10.5. The third-order valence-electron chi connectivity index (χ3n) is 1.65. The number of ether oxygens (including phenoxy) is 1. The molecule has 0 aliphatic carbocycles. The standard InChI is InChI=1S/C7H13BrN4O/c1-12(2)6-5(8)4-10-7(9,11-6)13-3/h4,11H,9H2,1-3H3. The van der Waals surface area contributed by atoms with E-state index in [9.17, 15) is 0 Å². The first-order valence-electron chi connectivity index (χ1n) is 3.73. The zero-order valence-corrected chi connectivity index (χ0v) is 9.42. The Kier molecular flexibility index (Phi) is 2.94. The van der Waals surface area contributed by atoms with Crippen LogP contribution in [0.4, 0.5) is 0 Å². The Hall–Kier alpha value is -0.590. The second-order valence-electron chi connectivity index (χ2n) is 2.87. The molecule has 0 saturated carbocycles. The van der Waals surface area contributed by atoms with Crippen LogP contribution in [0.5, 0.6) is 0 Å². The first-order chi connectivity index (χ1) is 5.98. The molecule has 6 heteroatoms. The van der Waals surface area contributed by atoms with Gasteiger partial charge in [-0.1, -0.05) is 0 Å². The zero-order chi connectivity index (χ0) is 10.1. The van der Waals surface area contributed by atoms with E-state index in [0.717, 1.165) is 10.3 Å². The largest absolute Gasteiger partial charge is 0.363 e. The fourth-order valence-electron chi connectivity index (χ4n) is 0.904. The van der Waals surface area contributed by atoms with Crippen LogP contribution in [0, 0.1) is 0 Å². The Morgan fingerprint density at radius 2 is 2.31 bits per heavy atom. The zero-order valence-electron chi connectivity index (χ0n) is 7.84. The van der Waals surface area contributed by atoms with E-state index >= 15 is 0 Å². The van der Waals surface area contributed by atoms with Crippen molar-refractivity contribution >= 4 is 22.1 Å². The molecule has 13 heavy (non-hydrogen) atoms. The molecule has 5 nitrogen and oxygen atoms in total. The van der Waals surface area contributed by atoms with E-state index in [-0.39, 0.29) is 0 Å². The number of allylic oxidation sites excluding steroid dienone is 1. The molecule has 0 aromatic rings. The first-order valence-corrected chi connectivity index (χ1v) is 4.52. The Morgan fingerprint density at radius 1 is 1.69 bits per heavy atom. The van der Waals surface area contributed by atoms with Crippen molar-refractivity contribution in [2.75, 3.05) is 21.2 Å². The molecule has 0 saturated heterocycles. The van der Waals surface area contributed by atoms with Crippen molar-refractivity contribution in [1.29, 1.82) is 0 Å². The number of nitrogens with zero attached hydrogens (tertiary/aromatic N) is 2. The molecule has 1 unspecified atom stereocenters. The topological polar surface area (TPSA) is 62.9 Å². The number of nitrogens with two attached hydrogens (primary N) is 1. The van der Waals surface area contributed by atoms with Crippen LogP contribution < -0.4 is 11.1 Å². The summed E-state index contributed by atoms with van der Waals surface area (Å²) in [4.78, 5) is 5.87. The van der Waals surface area contributed by atoms with Gasteiger partial charge in [0.05, 0.1) is 4.48 Å². The average Bonchev–Trinajstić information content (AvgIpc) is 2.09. The number of hydrogen-bond acceptors (Lipinski definition) is 5. The van der Waals surface area contributed by atoms with E-state index in [1.165, 1.54) is 7.11 Å². The predicted molar refractivity (Wildman–Crippen MR) is 55.2 cm³/mol. The molecule has 1 rings (SSSR count). The second-order valence-corrected chi connectivity index (χ2v) is 3.73. The van der Waals surface area contributed by atoms with E-state index in [1.807, 2.05) is 19.0 Å². The van der Waals surface area contributed by atoms with Crippen LogP contribution in [-0.4, -0.2) is 38.3 Å². The highest BCUT2D eigenvalue weighted by Crippen LogP contribution is 2.17. The summed E-state index contributed by atoms with van der Waals surface area (Å²) in [6.07, 6.45) is 1.62. The lowest BCUT2D eigenvalue weighted by molar-refractivity contribution is -0.0243. The van der Waals surface area contributed by atoms with Crippen LogP contribution in [0.2, 0.25) is 0 Å². The fraction of sp³-hybridized carbons (Fsp3) is 0.571. The van der Waals surface area contributed by atoms with Crippen molar-refractivity contribution in [1.82, 2.24) is 10.2 Å². The number of hydrogen-bond donors (Lipinski definition) is 2.